The molecule has 1 aromatic carbocycles. The van der Waals surface area contributed by atoms with Crippen molar-refractivity contribution in [1.82, 2.24) is 9.97 Å². The number of fused-ring (bicyclic) bond motifs is 1. The van der Waals surface area contributed by atoms with Crippen LogP contribution in [0.4, 0.5) is 0 Å². The minimum atomic E-state index is 0.0178. The first-order chi connectivity index (χ1) is 9.58. The van der Waals surface area contributed by atoms with E-state index in [-0.39, 0.29) is 5.78 Å². The van der Waals surface area contributed by atoms with E-state index in [0.29, 0.717) is 5.56 Å². The summed E-state index contributed by atoms with van der Waals surface area (Å²) in [6.07, 6.45) is 3.44. The van der Waals surface area contributed by atoms with Crippen molar-refractivity contribution in [3.63, 3.8) is 0 Å². The molecule has 2 aromatic heterocycles. The molecule has 0 atom stereocenters. The molecule has 0 radical (unpaired) electrons. The monoisotopic (exact) mass is 440 g/mol. The summed E-state index contributed by atoms with van der Waals surface area (Å²) in [5.74, 6) is 0.0178. The summed E-state index contributed by atoms with van der Waals surface area (Å²) in [6.45, 7) is 2.01. The maximum atomic E-state index is 12.7. The van der Waals surface area contributed by atoms with Crippen LogP contribution in [0.3, 0.4) is 0 Å². The van der Waals surface area contributed by atoms with Gasteiger partial charge in [-0.25, -0.2) is 4.98 Å². The van der Waals surface area contributed by atoms with Crippen molar-refractivity contribution in [3.8, 4) is 0 Å². The Bertz CT molecular complexity index is 826. The van der Waals surface area contributed by atoms with Crippen LogP contribution in [0.1, 0.15) is 21.5 Å². The molecule has 0 saturated carbocycles. The molecular weight excluding hydrogens is 431 g/mol. The molecule has 3 aromatic rings. The van der Waals surface area contributed by atoms with Crippen molar-refractivity contribution in [1.29, 1.82) is 0 Å². The molecule has 0 spiro atoms. The van der Waals surface area contributed by atoms with Gasteiger partial charge < -0.3 is 4.98 Å². The van der Waals surface area contributed by atoms with Crippen LogP contribution in [0.2, 0.25) is 0 Å². The largest absolute Gasteiger partial charge is 0.345 e. The molecule has 0 unspecified atom stereocenters. The van der Waals surface area contributed by atoms with Crippen LogP contribution in [-0.2, 0) is 0 Å². The van der Waals surface area contributed by atoms with Gasteiger partial charge in [0.1, 0.15) is 5.65 Å². The molecule has 0 fully saturated rings. The van der Waals surface area contributed by atoms with Gasteiger partial charge in [-0.15, -0.1) is 0 Å². The summed E-state index contributed by atoms with van der Waals surface area (Å²) in [5, 5.41) is 0.835. The third kappa shape index (κ3) is 2.29. The molecule has 0 saturated heterocycles. The normalized spacial score (nSPS) is 10.9. The lowest BCUT2D eigenvalue weighted by Crippen LogP contribution is -2.04. The Morgan fingerprint density at radius 2 is 2.15 bits per heavy atom. The summed E-state index contributed by atoms with van der Waals surface area (Å²) in [4.78, 5) is 20.0. The second-order valence-electron chi connectivity index (χ2n) is 4.52. The first-order valence-corrected chi connectivity index (χ1v) is 7.87. The molecule has 3 nitrogen and oxygen atoms in total. The third-order valence-corrected chi connectivity index (χ3v) is 5.04. The van der Waals surface area contributed by atoms with Gasteiger partial charge in [0, 0.05) is 36.9 Å². The molecule has 5 heteroatoms. The number of aromatic amines is 1. The number of nitrogens with zero attached hydrogens (tertiary/aromatic N) is 1. The smallest absolute Gasteiger partial charge is 0.196 e. The predicted molar refractivity (Wildman–Crippen MR) is 91.1 cm³/mol. The fraction of sp³-hybridized carbons (Fsp3) is 0.0667. The highest BCUT2D eigenvalue weighted by Crippen LogP contribution is 2.25. The lowest BCUT2D eigenvalue weighted by Gasteiger charge is -2.05. The van der Waals surface area contributed by atoms with Crippen molar-refractivity contribution in [2.45, 2.75) is 6.92 Å². The van der Waals surface area contributed by atoms with Gasteiger partial charge in [0.2, 0.25) is 0 Å². The van der Waals surface area contributed by atoms with Crippen LogP contribution in [-0.4, -0.2) is 15.8 Å². The molecule has 1 N–H and O–H groups in total. The zero-order valence-electron chi connectivity index (χ0n) is 10.6. The van der Waals surface area contributed by atoms with Crippen LogP contribution >= 0.6 is 38.5 Å². The zero-order chi connectivity index (χ0) is 14.3. The Morgan fingerprint density at radius 1 is 1.35 bits per heavy atom. The third-order valence-electron chi connectivity index (χ3n) is 3.18. The van der Waals surface area contributed by atoms with Crippen molar-refractivity contribution in [2.24, 2.45) is 0 Å². The topological polar surface area (TPSA) is 45.8 Å². The number of ketones is 1. The van der Waals surface area contributed by atoms with E-state index in [0.717, 1.165) is 30.2 Å². The predicted octanol–water partition coefficient (Wildman–Crippen LogP) is 4.47. The minimum absolute atomic E-state index is 0.0178. The van der Waals surface area contributed by atoms with E-state index in [1.54, 1.807) is 12.4 Å². The lowest BCUT2D eigenvalue weighted by atomic mass is 10.0. The second-order valence-corrected chi connectivity index (χ2v) is 6.51. The highest BCUT2D eigenvalue weighted by molar-refractivity contribution is 14.1. The molecule has 20 heavy (non-hydrogen) atoms. The fourth-order valence-corrected chi connectivity index (χ4v) is 3.07. The molecule has 3 rings (SSSR count). The molecule has 0 aliphatic heterocycles. The molecule has 0 aliphatic rings. The fourth-order valence-electron chi connectivity index (χ4n) is 2.13. The van der Waals surface area contributed by atoms with E-state index in [2.05, 4.69) is 48.5 Å². The maximum absolute atomic E-state index is 12.7. The van der Waals surface area contributed by atoms with E-state index in [9.17, 15) is 4.79 Å². The number of hydrogen-bond acceptors (Lipinski definition) is 2. The van der Waals surface area contributed by atoms with Crippen LogP contribution < -0.4 is 0 Å². The Kier molecular flexibility index (Phi) is 3.64. The standard InChI is InChI=1S/C15H10BrIN2O/c1-8-3-2-4-10(13(8)17)14(20)12-7-19-15-11(12)5-9(16)6-18-15/h2-7H,1H3,(H,18,19). The number of aromatic nitrogens is 2. The summed E-state index contributed by atoms with van der Waals surface area (Å²) in [5.41, 5.74) is 3.21. The Hall–Kier alpha value is -1.21. The number of benzene rings is 1. The van der Waals surface area contributed by atoms with Gasteiger partial charge in [0.25, 0.3) is 0 Å². The minimum Gasteiger partial charge on any atom is -0.345 e. The van der Waals surface area contributed by atoms with Crippen molar-refractivity contribution in [2.75, 3.05) is 0 Å². The number of carbonyl (C=O) groups is 1. The van der Waals surface area contributed by atoms with E-state index in [1.807, 2.05) is 31.2 Å². The van der Waals surface area contributed by atoms with Gasteiger partial charge in [-0.3, -0.25) is 4.79 Å². The molecule has 0 aliphatic carbocycles. The van der Waals surface area contributed by atoms with Gasteiger partial charge in [-0.2, -0.15) is 0 Å². The van der Waals surface area contributed by atoms with Crippen LogP contribution in [0.15, 0.2) is 41.1 Å². The Balaban J connectivity index is 2.18. The molecule has 0 amide bonds. The van der Waals surface area contributed by atoms with E-state index < -0.39 is 0 Å². The first-order valence-electron chi connectivity index (χ1n) is 6.00. The van der Waals surface area contributed by atoms with Crippen molar-refractivity contribution < 1.29 is 4.79 Å². The number of hydrogen-bond donors (Lipinski definition) is 1. The summed E-state index contributed by atoms with van der Waals surface area (Å²) in [7, 11) is 0. The van der Waals surface area contributed by atoms with Gasteiger partial charge in [0.15, 0.2) is 5.78 Å². The van der Waals surface area contributed by atoms with Gasteiger partial charge in [0.05, 0.1) is 0 Å². The zero-order valence-corrected chi connectivity index (χ0v) is 14.3. The van der Waals surface area contributed by atoms with Crippen LogP contribution in [0.5, 0.6) is 0 Å². The maximum Gasteiger partial charge on any atom is 0.196 e. The first kappa shape index (κ1) is 13.8. The second kappa shape index (κ2) is 5.29. The number of aryl methyl sites for hydroxylation is 1. The number of carbonyl (C=O) groups excluding carboxylic acids is 1. The Labute approximate surface area is 138 Å². The quantitative estimate of drug-likeness (QED) is 0.472. The van der Waals surface area contributed by atoms with E-state index in [1.165, 1.54) is 0 Å². The number of rotatable bonds is 2. The number of H-pyrrole nitrogens is 1. The summed E-state index contributed by atoms with van der Waals surface area (Å²) < 4.78 is 1.85. The molecule has 0 bridgehead atoms. The summed E-state index contributed by atoms with van der Waals surface area (Å²) >= 11 is 5.61. The number of halogens is 2. The van der Waals surface area contributed by atoms with Crippen molar-refractivity contribution in [3.05, 3.63) is 61.4 Å². The number of nitrogens with one attached hydrogen (secondary N) is 1. The van der Waals surface area contributed by atoms with Crippen LogP contribution in [0.25, 0.3) is 11.0 Å². The highest BCUT2D eigenvalue weighted by Gasteiger charge is 2.17. The van der Waals surface area contributed by atoms with Gasteiger partial charge >= 0.3 is 0 Å². The highest BCUT2D eigenvalue weighted by atomic mass is 127. The van der Waals surface area contributed by atoms with Crippen molar-refractivity contribution >= 4 is 55.3 Å². The lowest BCUT2D eigenvalue weighted by molar-refractivity contribution is 0.103. The molecular formula is C15H10BrIN2O. The SMILES string of the molecule is Cc1cccc(C(=O)c2c[nH]c3ncc(Br)cc23)c1I. The van der Waals surface area contributed by atoms with E-state index in [4.69, 9.17) is 0 Å². The Morgan fingerprint density at radius 3 is 2.95 bits per heavy atom. The molecule has 2 heterocycles. The summed E-state index contributed by atoms with van der Waals surface area (Å²) in [6, 6.07) is 7.69. The van der Waals surface area contributed by atoms with Gasteiger partial charge in [-0.05, 0) is 63.1 Å². The van der Waals surface area contributed by atoms with Crippen LogP contribution in [0, 0.1) is 10.5 Å². The molecule has 100 valence electrons. The number of pyridine rings is 1. The average Bonchev–Trinajstić information content (AvgIpc) is 2.84. The van der Waals surface area contributed by atoms with Gasteiger partial charge in [-0.1, -0.05) is 12.1 Å². The average molecular weight is 441 g/mol. The van der Waals surface area contributed by atoms with E-state index >= 15 is 0 Å².